The third kappa shape index (κ3) is 2.09. The van der Waals surface area contributed by atoms with Crippen LogP contribution in [0.4, 0.5) is 0 Å². The van der Waals surface area contributed by atoms with E-state index >= 15 is 0 Å². The number of hydrogen-bond acceptors (Lipinski definition) is 3. The van der Waals surface area contributed by atoms with Crippen molar-refractivity contribution in [1.29, 1.82) is 0 Å². The minimum absolute atomic E-state index is 0.0945. The van der Waals surface area contributed by atoms with Crippen LogP contribution >= 0.6 is 0 Å². The molecule has 0 spiro atoms. The first kappa shape index (κ1) is 10.4. The van der Waals surface area contributed by atoms with Gasteiger partial charge in [-0.1, -0.05) is 30.3 Å². The highest BCUT2D eigenvalue weighted by atomic mass is 16.5. The lowest BCUT2D eigenvalue weighted by atomic mass is 10.1. The Morgan fingerprint density at radius 1 is 1.38 bits per heavy atom. The molecule has 0 radical (unpaired) electrons. The Hall–Kier alpha value is -2.14. The van der Waals surface area contributed by atoms with E-state index in [0.717, 1.165) is 16.8 Å². The van der Waals surface area contributed by atoms with Gasteiger partial charge in [-0.3, -0.25) is 15.1 Å². The number of carbonyl (C=O) groups is 1. The third-order valence-electron chi connectivity index (χ3n) is 2.26. The summed E-state index contributed by atoms with van der Waals surface area (Å²) in [4.78, 5) is 11.1. The summed E-state index contributed by atoms with van der Waals surface area (Å²) < 4.78 is 0. The number of amides is 1. The second-order valence-electron chi connectivity index (χ2n) is 3.35. The SMILES string of the molecule is O=C(Cc1cn[nH]c1-c1ccccc1)NO. The number of hydroxylamine groups is 1. The minimum Gasteiger partial charge on any atom is -0.289 e. The predicted octanol–water partition coefficient (Wildman–Crippen LogP) is 1.12. The van der Waals surface area contributed by atoms with Crippen LogP contribution in [0.3, 0.4) is 0 Å². The van der Waals surface area contributed by atoms with E-state index in [1.54, 1.807) is 11.7 Å². The van der Waals surface area contributed by atoms with Gasteiger partial charge in [0.25, 0.3) is 0 Å². The van der Waals surface area contributed by atoms with Crippen molar-refractivity contribution in [2.24, 2.45) is 0 Å². The average Bonchev–Trinajstić information content (AvgIpc) is 2.78. The van der Waals surface area contributed by atoms with Crippen LogP contribution in [0.25, 0.3) is 11.3 Å². The number of carbonyl (C=O) groups excluding carboxylic acids is 1. The first-order valence-corrected chi connectivity index (χ1v) is 4.82. The Kier molecular flexibility index (Phi) is 2.98. The molecule has 0 saturated carbocycles. The maximum atomic E-state index is 11.1. The Morgan fingerprint density at radius 3 is 2.81 bits per heavy atom. The lowest BCUT2D eigenvalue weighted by molar-refractivity contribution is -0.128. The molecule has 5 heteroatoms. The van der Waals surface area contributed by atoms with E-state index in [4.69, 9.17) is 5.21 Å². The summed E-state index contributed by atoms with van der Waals surface area (Å²) in [6, 6.07) is 9.58. The molecule has 0 aliphatic rings. The summed E-state index contributed by atoms with van der Waals surface area (Å²) >= 11 is 0. The molecule has 1 heterocycles. The van der Waals surface area contributed by atoms with E-state index in [-0.39, 0.29) is 6.42 Å². The molecule has 1 amide bonds. The Labute approximate surface area is 92.1 Å². The monoisotopic (exact) mass is 217 g/mol. The average molecular weight is 217 g/mol. The summed E-state index contributed by atoms with van der Waals surface area (Å²) in [5.74, 6) is -0.460. The quantitative estimate of drug-likeness (QED) is 0.532. The van der Waals surface area contributed by atoms with Crippen LogP contribution in [0.2, 0.25) is 0 Å². The predicted molar refractivity (Wildman–Crippen MR) is 57.7 cm³/mol. The number of nitrogens with one attached hydrogen (secondary N) is 2. The van der Waals surface area contributed by atoms with Gasteiger partial charge in [-0.25, -0.2) is 5.48 Å². The van der Waals surface area contributed by atoms with E-state index in [9.17, 15) is 4.79 Å². The first-order valence-electron chi connectivity index (χ1n) is 4.82. The van der Waals surface area contributed by atoms with E-state index in [1.807, 2.05) is 30.3 Å². The summed E-state index contributed by atoms with van der Waals surface area (Å²) in [7, 11) is 0. The highest BCUT2D eigenvalue weighted by molar-refractivity contribution is 5.80. The number of hydrogen-bond donors (Lipinski definition) is 3. The smallest absolute Gasteiger partial charge is 0.247 e. The topological polar surface area (TPSA) is 78.0 Å². The Bertz CT molecular complexity index is 479. The van der Waals surface area contributed by atoms with Crippen molar-refractivity contribution >= 4 is 5.91 Å². The number of benzene rings is 1. The van der Waals surface area contributed by atoms with Crippen LogP contribution < -0.4 is 5.48 Å². The fourth-order valence-corrected chi connectivity index (χ4v) is 1.51. The summed E-state index contributed by atoms with van der Waals surface area (Å²) in [6.07, 6.45) is 1.68. The van der Waals surface area contributed by atoms with Crippen LogP contribution in [-0.4, -0.2) is 21.3 Å². The van der Waals surface area contributed by atoms with Gasteiger partial charge in [0.2, 0.25) is 5.91 Å². The van der Waals surface area contributed by atoms with Crippen molar-refractivity contribution in [3.8, 4) is 11.3 Å². The fourth-order valence-electron chi connectivity index (χ4n) is 1.51. The van der Waals surface area contributed by atoms with Gasteiger partial charge in [-0.05, 0) is 5.56 Å². The lowest BCUT2D eigenvalue weighted by Crippen LogP contribution is -2.20. The minimum atomic E-state index is -0.460. The van der Waals surface area contributed by atoms with Crippen molar-refractivity contribution in [3.63, 3.8) is 0 Å². The standard InChI is InChI=1S/C11H11N3O2/c15-10(14-16)6-9-7-12-13-11(9)8-4-2-1-3-5-8/h1-5,7,16H,6H2,(H,12,13)(H,14,15). The second kappa shape index (κ2) is 4.59. The molecule has 0 saturated heterocycles. The van der Waals surface area contributed by atoms with Gasteiger partial charge in [-0.2, -0.15) is 5.10 Å². The van der Waals surface area contributed by atoms with Crippen LogP contribution in [0.5, 0.6) is 0 Å². The van der Waals surface area contributed by atoms with Gasteiger partial charge in [0.05, 0.1) is 18.3 Å². The fraction of sp³-hybridized carbons (Fsp3) is 0.0909. The van der Waals surface area contributed by atoms with Gasteiger partial charge in [0.1, 0.15) is 0 Å². The van der Waals surface area contributed by atoms with Gasteiger partial charge >= 0.3 is 0 Å². The summed E-state index contributed by atoms with van der Waals surface area (Å²) in [5.41, 5.74) is 4.10. The molecule has 0 unspecified atom stereocenters. The third-order valence-corrected chi connectivity index (χ3v) is 2.26. The molecule has 0 fully saturated rings. The van der Waals surface area contributed by atoms with E-state index in [0.29, 0.717) is 0 Å². The van der Waals surface area contributed by atoms with Crippen molar-refractivity contribution in [2.75, 3.05) is 0 Å². The molecule has 82 valence electrons. The molecular formula is C11H11N3O2. The van der Waals surface area contributed by atoms with Gasteiger partial charge in [-0.15, -0.1) is 0 Å². The number of H-pyrrole nitrogens is 1. The van der Waals surface area contributed by atoms with E-state index in [2.05, 4.69) is 10.2 Å². The molecule has 2 rings (SSSR count). The molecule has 0 bridgehead atoms. The maximum absolute atomic E-state index is 11.1. The molecule has 3 N–H and O–H groups in total. The van der Waals surface area contributed by atoms with Gasteiger partial charge in [0, 0.05) is 5.56 Å². The Balaban J connectivity index is 2.29. The molecule has 16 heavy (non-hydrogen) atoms. The van der Waals surface area contributed by atoms with Crippen molar-refractivity contribution < 1.29 is 10.0 Å². The number of aromatic amines is 1. The molecule has 5 nitrogen and oxygen atoms in total. The highest BCUT2D eigenvalue weighted by Gasteiger charge is 2.10. The highest BCUT2D eigenvalue weighted by Crippen LogP contribution is 2.20. The first-order chi connectivity index (χ1) is 7.81. The van der Waals surface area contributed by atoms with Crippen molar-refractivity contribution in [1.82, 2.24) is 15.7 Å². The normalized spacial score (nSPS) is 10.1. The summed E-state index contributed by atoms with van der Waals surface area (Å²) in [5, 5.41) is 15.2. The second-order valence-corrected chi connectivity index (χ2v) is 3.35. The molecule has 0 aliphatic heterocycles. The number of aromatic nitrogens is 2. The largest absolute Gasteiger partial charge is 0.289 e. The van der Waals surface area contributed by atoms with Crippen molar-refractivity contribution in [2.45, 2.75) is 6.42 Å². The molecule has 1 aromatic heterocycles. The van der Waals surface area contributed by atoms with Crippen LogP contribution in [-0.2, 0) is 11.2 Å². The number of nitrogens with zero attached hydrogens (tertiary/aromatic N) is 1. The molecule has 0 aliphatic carbocycles. The lowest BCUT2D eigenvalue weighted by Gasteiger charge is -2.01. The molecule has 0 atom stereocenters. The zero-order valence-corrected chi connectivity index (χ0v) is 8.47. The van der Waals surface area contributed by atoms with Gasteiger partial charge in [0.15, 0.2) is 0 Å². The number of rotatable bonds is 3. The summed E-state index contributed by atoms with van der Waals surface area (Å²) in [6.45, 7) is 0. The zero-order valence-electron chi connectivity index (χ0n) is 8.47. The molecule has 1 aromatic carbocycles. The van der Waals surface area contributed by atoms with Crippen LogP contribution in [0.1, 0.15) is 5.56 Å². The van der Waals surface area contributed by atoms with Crippen molar-refractivity contribution in [3.05, 3.63) is 42.1 Å². The maximum Gasteiger partial charge on any atom is 0.247 e. The molecular weight excluding hydrogens is 206 g/mol. The zero-order chi connectivity index (χ0) is 11.4. The molecule has 2 aromatic rings. The Morgan fingerprint density at radius 2 is 2.12 bits per heavy atom. The van der Waals surface area contributed by atoms with E-state index in [1.165, 1.54) is 0 Å². The van der Waals surface area contributed by atoms with Gasteiger partial charge < -0.3 is 0 Å². The van der Waals surface area contributed by atoms with Crippen LogP contribution in [0.15, 0.2) is 36.5 Å². The van der Waals surface area contributed by atoms with E-state index < -0.39 is 5.91 Å². The van der Waals surface area contributed by atoms with Crippen LogP contribution in [0, 0.1) is 0 Å².